The van der Waals surface area contributed by atoms with Crippen LogP contribution in [-0.4, -0.2) is 17.4 Å². The van der Waals surface area contributed by atoms with E-state index >= 15 is 0 Å². The summed E-state index contributed by atoms with van der Waals surface area (Å²) in [5.74, 6) is -0.149. The maximum atomic E-state index is 12.2. The molecule has 0 saturated carbocycles. The van der Waals surface area contributed by atoms with Gasteiger partial charge in [-0.25, -0.2) is 0 Å². The number of carbonyl (C=O) groups excluding carboxylic acids is 1. The van der Waals surface area contributed by atoms with Gasteiger partial charge in [0, 0.05) is 22.1 Å². The first-order valence-corrected chi connectivity index (χ1v) is 8.49. The van der Waals surface area contributed by atoms with E-state index in [1.54, 1.807) is 12.1 Å². The molecule has 122 valence electrons. The van der Waals surface area contributed by atoms with Crippen molar-refractivity contribution in [3.05, 3.63) is 80.0 Å². The van der Waals surface area contributed by atoms with Crippen LogP contribution in [-0.2, 0) is 6.42 Å². The fourth-order valence-electron chi connectivity index (χ4n) is 2.66. The molecular formula is C19H17BrN2O2. The van der Waals surface area contributed by atoms with Crippen LogP contribution in [0.2, 0.25) is 0 Å². The second kappa shape index (κ2) is 7.01. The highest BCUT2D eigenvalue weighted by Crippen LogP contribution is 2.15. The lowest BCUT2D eigenvalue weighted by Crippen LogP contribution is -2.27. The number of aryl methyl sites for hydroxylation is 1. The number of nitrogens with one attached hydrogen (secondary N) is 2. The summed E-state index contributed by atoms with van der Waals surface area (Å²) in [7, 11) is 0. The zero-order chi connectivity index (χ0) is 17.1. The highest BCUT2D eigenvalue weighted by Gasteiger charge is 2.07. The maximum absolute atomic E-state index is 12.2. The Labute approximate surface area is 148 Å². The minimum Gasteiger partial charge on any atom is -0.352 e. The Morgan fingerprint density at radius 3 is 2.75 bits per heavy atom. The van der Waals surface area contributed by atoms with E-state index < -0.39 is 0 Å². The molecule has 0 aliphatic carbocycles. The van der Waals surface area contributed by atoms with Gasteiger partial charge in [0.25, 0.3) is 11.5 Å². The Balaban J connectivity index is 1.71. The van der Waals surface area contributed by atoms with Crippen molar-refractivity contribution >= 4 is 32.7 Å². The van der Waals surface area contributed by atoms with Gasteiger partial charge in [0.05, 0.1) is 5.52 Å². The molecule has 0 atom stereocenters. The average molecular weight is 385 g/mol. The van der Waals surface area contributed by atoms with E-state index in [9.17, 15) is 9.59 Å². The molecule has 0 aliphatic rings. The molecule has 0 unspecified atom stereocenters. The van der Waals surface area contributed by atoms with Crippen LogP contribution in [0.25, 0.3) is 10.9 Å². The predicted molar refractivity (Wildman–Crippen MR) is 99.5 cm³/mol. The van der Waals surface area contributed by atoms with E-state index in [-0.39, 0.29) is 11.5 Å². The summed E-state index contributed by atoms with van der Waals surface area (Å²) in [4.78, 5) is 27.2. The first-order chi connectivity index (χ1) is 11.5. The standard InChI is InChI=1S/C19H17BrN2O2/c1-12-4-2-5-13-10-15(19(24)22-17(12)13)8-9-21-18(23)14-6-3-7-16(20)11-14/h2-7,10-11H,8-9H2,1H3,(H,21,23)(H,22,24). The Morgan fingerprint density at radius 1 is 1.17 bits per heavy atom. The fraction of sp³-hybridized carbons (Fsp3) is 0.158. The minimum atomic E-state index is -0.149. The van der Waals surface area contributed by atoms with E-state index in [4.69, 9.17) is 0 Å². The number of hydrogen-bond donors (Lipinski definition) is 2. The molecule has 0 radical (unpaired) electrons. The van der Waals surface area contributed by atoms with Gasteiger partial charge in [-0.1, -0.05) is 40.2 Å². The number of aromatic amines is 1. The number of aromatic nitrogens is 1. The van der Waals surface area contributed by atoms with Crippen molar-refractivity contribution in [1.29, 1.82) is 0 Å². The number of fused-ring (bicyclic) bond motifs is 1. The molecular weight excluding hydrogens is 368 g/mol. The molecule has 0 bridgehead atoms. The molecule has 0 saturated heterocycles. The van der Waals surface area contributed by atoms with Gasteiger partial charge >= 0.3 is 0 Å². The first-order valence-electron chi connectivity index (χ1n) is 7.70. The van der Waals surface area contributed by atoms with Crippen LogP contribution in [0.4, 0.5) is 0 Å². The van der Waals surface area contributed by atoms with Gasteiger partial charge in [-0.15, -0.1) is 0 Å². The number of para-hydroxylation sites is 1. The van der Waals surface area contributed by atoms with Crippen LogP contribution in [0.3, 0.4) is 0 Å². The molecule has 2 aromatic carbocycles. The number of carbonyl (C=O) groups is 1. The van der Waals surface area contributed by atoms with Crippen molar-refractivity contribution in [2.45, 2.75) is 13.3 Å². The summed E-state index contributed by atoms with van der Waals surface area (Å²) in [6, 6.07) is 15.0. The SMILES string of the molecule is Cc1cccc2cc(CCNC(=O)c3cccc(Br)c3)c(=O)[nH]c12. The molecule has 1 aromatic heterocycles. The van der Waals surface area contributed by atoms with E-state index in [1.165, 1.54) is 0 Å². The summed E-state index contributed by atoms with van der Waals surface area (Å²) in [5.41, 5.74) is 3.06. The molecule has 2 N–H and O–H groups in total. The lowest BCUT2D eigenvalue weighted by atomic mass is 10.1. The van der Waals surface area contributed by atoms with Gasteiger partial charge in [-0.05, 0) is 48.6 Å². The molecule has 1 amide bonds. The van der Waals surface area contributed by atoms with Gasteiger partial charge in [0.1, 0.15) is 0 Å². The van der Waals surface area contributed by atoms with Gasteiger partial charge in [0.15, 0.2) is 0 Å². The van der Waals surface area contributed by atoms with Crippen molar-refractivity contribution in [3.8, 4) is 0 Å². The van der Waals surface area contributed by atoms with Crippen LogP contribution < -0.4 is 10.9 Å². The third kappa shape index (κ3) is 3.57. The Hall–Kier alpha value is -2.40. The number of amides is 1. The molecule has 1 heterocycles. The molecule has 24 heavy (non-hydrogen) atoms. The number of pyridine rings is 1. The third-order valence-electron chi connectivity index (χ3n) is 3.93. The largest absolute Gasteiger partial charge is 0.352 e. The van der Waals surface area contributed by atoms with Gasteiger partial charge in [0.2, 0.25) is 0 Å². The third-order valence-corrected chi connectivity index (χ3v) is 4.42. The summed E-state index contributed by atoms with van der Waals surface area (Å²) in [6.07, 6.45) is 0.485. The van der Waals surface area contributed by atoms with E-state index in [0.29, 0.717) is 24.1 Å². The topological polar surface area (TPSA) is 62.0 Å². The van der Waals surface area contributed by atoms with Crippen molar-refractivity contribution in [2.24, 2.45) is 0 Å². The molecule has 0 aliphatic heterocycles. The quantitative estimate of drug-likeness (QED) is 0.721. The summed E-state index contributed by atoms with van der Waals surface area (Å²) >= 11 is 3.35. The lowest BCUT2D eigenvalue weighted by molar-refractivity contribution is 0.0954. The first kappa shape index (κ1) is 16.5. The molecule has 0 fully saturated rings. The Morgan fingerprint density at radius 2 is 1.96 bits per heavy atom. The number of hydrogen-bond acceptors (Lipinski definition) is 2. The number of rotatable bonds is 4. The zero-order valence-corrected chi connectivity index (χ0v) is 14.8. The van der Waals surface area contributed by atoms with Gasteiger partial charge in [-0.3, -0.25) is 9.59 Å². The molecule has 3 rings (SSSR count). The second-order valence-electron chi connectivity index (χ2n) is 5.68. The van der Waals surface area contributed by atoms with E-state index in [2.05, 4.69) is 26.2 Å². The monoisotopic (exact) mass is 384 g/mol. The zero-order valence-electron chi connectivity index (χ0n) is 13.2. The Kier molecular flexibility index (Phi) is 4.81. The smallest absolute Gasteiger partial charge is 0.251 e. The van der Waals surface area contributed by atoms with Crippen molar-refractivity contribution in [1.82, 2.24) is 10.3 Å². The van der Waals surface area contributed by atoms with Crippen LogP contribution in [0.15, 0.2) is 57.8 Å². The van der Waals surface area contributed by atoms with Crippen molar-refractivity contribution in [2.75, 3.05) is 6.54 Å². The van der Waals surface area contributed by atoms with Crippen molar-refractivity contribution in [3.63, 3.8) is 0 Å². The number of halogens is 1. The normalized spacial score (nSPS) is 10.8. The number of benzene rings is 2. The molecule has 3 aromatic rings. The Bertz CT molecular complexity index is 963. The highest BCUT2D eigenvalue weighted by molar-refractivity contribution is 9.10. The van der Waals surface area contributed by atoms with Crippen LogP contribution in [0.5, 0.6) is 0 Å². The van der Waals surface area contributed by atoms with Gasteiger partial charge in [-0.2, -0.15) is 0 Å². The molecule has 5 heteroatoms. The maximum Gasteiger partial charge on any atom is 0.251 e. The van der Waals surface area contributed by atoms with Crippen LogP contribution >= 0.6 is 15.9 Å². The average Bonchev–Trinajstić information content (AvgIpc) is 2.56. The summed E-state index contributed by atoms with van der Waals surface area (Å²) < 4.78 is 0.858. The number of H-pyrrole nitrogens is 1. The predicted octanol–water partition coefficient (Wildman–Crippen LogP) is 3.57. The molecule has 0 spiro atoms. The van der Waals surface area contributed by atoms with Gasteiger partial charge < -0.3 is 10.3 Å². The summed E-state index contributed by atoms with van der Waals surface area (Å²) in [6.45, 7) is 2.38. The van der Waals surface area contributed by atoms with E-state index in [0.717, 1.165) is 20.9 Å². The minimum absolute atomic E-state index is 0.103. The highest BCUT2D eigenvalue weighted by atomic mass is 79.9. The van der Waals surface area contributed by atoms with Crippen LogP contribution in [0.1, 0.15) is 21.5 Å². The lowest BCUT2D eigenvalue weighted by Gasteiger charge is -2.07. The second-order valence-corrected chi connectivity index (χ2v) is 6.59. The van der Waals surface area contributed by atoms with E-state index in [1.807, 2.05) is 43.3 Å². The summed E-state index contributed by atoms with van der Waals surface area (Å²) in [5, 5.41) is 3.85. The molecule has 4 nitrogen and oxygen atoms in total. The van der Waals surface area contributed by atoms with Crippen LogP contribution in [0, 0.1) is 6.92 Å². The fourth-order valence-corrected chi connectivity index (χ4v) is 3.06. The van der Waals surface area contributed by atoms with Crippen molar-refractivity contribution < 1.29 is 4.79 Å².